The van der Waals surface area contributed by atoms with Gasteiger partial charge in [0.15, 0.2) is 0 Å². The zero-order valence-corrected chi connectivity index (χ0v) is 15.2. The van der Waals surface area contributed by atoms with Crippen molar-refractivity contribution in [2.75, 3.05) is 26.2 Å². The van der Waals surface area contributed by atoms with Gasteiger partial charge in [-0.2, -0.15) is 5.10 Å². The van der Waals surface area contributed by atoms with E-state index >= 15 is 0 Å². The van der Waals surface area contributed by atoms with E-state index in [4.69, 9.17) is 0 Å². The predicted octanol–water partition coefficient (Wildman–Crippen LogP) is 2.28. The van der Waals surface area contributed by atoms with E-state index < -0.39 is 0 Å². The highest BCUT2D eigenvalue weighted by molar-refractivity contribution is 5.94. The van der Waals surface area contributed by atoms with E-state index in [1.54, 1.807) is 12.4 Å². The molecule has 6 heteroatoms. The number of nitrogens with zero attached hydrogens (tertiary/aromatic N) is 5. The van der Waals surface area contributed by atoms with Crippen LogP contribution in [-0.2, 0) is 13.1 Å². The second-order valence-corrected chi connectivity index (χ2v) is 6.83. The highest BCUT2D eigenvalue weighted by Crippen LogP contribution is 2.13. The molecular weight excluding hydrogens is 338 g/mol. The van der Waals surface area contributed by atoms with Gasteiger partial charge in [0.05, 0.1) is 6.54 Å². The van der Waals surface area contributed by atoms with E-state index in [0.29, 0.717) is 6.54 Å². The number of amides is 1. The Labute approximate surface area is 159 Å². The third-order valence-corrected chi connectivity index (χ3v) is 4.87. The molecule has 1 aromatic carbocycles. The van der Waals surface area contributed by atoms with Crippen molar-refractivity contribution in [1.29, 1.82) is 0 Å². The first kappa shape index (κ1) is 17.4. The normalized spacial score (nSPS) is 15.0. The Bertz CT molecular complexity index is 871. The zero-order chi connectivity index (χ0) is 18.5. The van der Waals surface area contributed by atoms with Crippen LogP contribution in [0.15, 0.2) is 67.3 Å². The molecule has 6 nitrogen and oxygen atoms in total. The molecule has 0 unspecified atom stereocenters. The summed E-state index contributed by atoms with van der Waals surface area (Å²) < 4.78 is 1.86. The Morgan fingerprint density at radius 1 is 0.926 bits per heavy atom. The lowest BCUT2D eigenvalue weighted by molar-refractivity contribution is 0.0628. The quantitative estimate of drug-likeness (QED) is 0.700. The highest BCUT2D eigenvalue weighted by atomic mass is 16.2. The molecule has 27 heavy (non-hydrogen) atoms. The van der Waals surface area contributed by atoms with Crippen LogP contribution >= 0.6 is 0 Å². The summed E-state index contributed by atoms with van der Waals surface area (Å²) in [5.41, 5.74) is 3.05. The van der Waals surface area contributed by atoms with E-state index in [9.17, 15) is 4.79 Å². The Morgan fingerprint density at radius 2 is 1.78 bits per heavy atom. The molecule has 0 aliphatic carbocycles. The minimum Gasteiger partial charge on any atom is -0.336 e. The van der Waals surface area contributed by atoms with Crippen LogP contribution in [-0.4, -0.2) is 56.7 Å². The molecule has 138 valence electrons. The first-order valence-corrected chi connectivity index (χ1v) is 9.25. The number of hydrogen-bond donors (Lipinski definition) is 0. The van der Waals surface area contributed by atoms with Crippen LogP contribution in [0.4, 0.5) is 0 Å². The number of aromatic nitrogens is 3. The SMILES string of the molecule is O=C(c1cccc(Cn2cccn2)c1)N1CCN(Cc2cccnc2)CC1. The number of carbonyl (C=O) groups is 1. The fraction of sp³-hybridized carbons (Fsp3) is 0.286. The third-order valence-electron chi connectivity index (χ3n) is 4.87. The number of piperazine rings is 1. The topological polar surface area (TPSA) is 54.3 Å². The smallest absolute Gasteiger partial charge is 0.253 e. The van der Waals surface area contributed by atoms with Crippen molar-refractivity contribution in [3.63, 3.8) is 0 Å². The monoisotopic (exact) mass is 361 g/mol. The van der Waals surface area contributed by atoms with Crippen molar-refractivity contribution in [3.8, 4) is 0 Å². The lowest BCUT2D eigenvalue weighted by Gasteiger charge is -2.34. The first-order valence-electron chi connectivity index (χ1n) is 9.25. The van der Waals surface area contributed by atoms with E-state index in [1.165, 1.54) is 5.56 Å². The van der Waals surface area contributed by atoms with Gasteiger partial charge in [0, 0.05) is 63.1 Å². The summed E-state index contributed by atoms with van der Waals surface area (Å²) in [6, 6.07) is 13.8. The fourth-order valence-electron chi connectivity index (χ4n) is 3.43. The van der Waals surface area contributed by atoms with Crippen molar-refractivity contribution >= 4 is 5.91 Å². The van der Waals surface area contributed by atoms with Crippen LogP contribution in [0.25, 0.3) is 0 Å². The van der Waals surface area contributed by atoms with E-state index in [-0.39, 0.29) is 5.91 Å². The maximum atomic E-state index is 12.9. The molecule has 1 amide bonds. The number of benzene rings is 1. The van der Waals surface area contributed by atoms with Gasteiger partial charge in [0.2, 0.25) is 0 Å². The summed E-state index contributed by atoms with van der Waals surface area (Å²) in [4.78, 5) is 21.4. The number of pyridine rings is 1. The van der Waals surface area contributed by atoms with Gasteiger partial charge in [0.1, 0.15) is 0 Å². The van der Waals surface area contributed by atoms with Crippen molar-refractivity contribution < 1.29 is 4.79 Å². The lowest BCUT2D eigenvalue weighted by Crippen LogP contribution is -2.48. The summed E-state index contributed by atoms with van der Waals surface area (Å²) in [6.07, 6.45) is 7.39. The van der Waals surface area contributed by atoms with Gasteiger partial charge in [-0.25, -0.2) is 0 Å². The third kappa shape index (κ3) is 4.41. The molecule has 1 aliphatic rings. The second-order valence-electron chi connectivity index (χ2n) is 6.83. The molecule has 4 rings (SSSR count). The van der Waals surface area contributed by atoms with E-state index in [1.807, 2.05) is 58.4 Å². The second kappa shape index (κ2) is 8.14. The first-order chi connectivity index (χ1) is 13.3. The zero-order valence-electron chi connectivity index (χ0n) is 15.2. The Balaban J connectivity index is 1.35. The molecule has 0 radical (unpaired) electrons. The Hall–Kier alpha value is -2.99. The molecule has 0 bridgehead atoms. The van der Waals surface area contributed by atoms with Gasteiger partial charge in [-0.1, -0.05) is 18.2 Å². The van der Waals surface area contributed by atoms with Crippen molar-refractivity contribution in [3.05, 3.63) is 83.9 Å². The van der Waals surface area contributed by atoms with Crippen molar-refractivity contribution in [2.24, 2.45) is 0 Å². The molecule has 3 heterocycles. The summed E-state index contributed by atoms with van der Waals surface area (Å²) in [7, 11) is 0. The van der Waals surface area contributed by atoms with Gasteiger partial charge in [-0.3, -0.25) is 19.4 Å². The summed E-state index contributed by atoms with van der Waals surface area (Å²) in [5, 5.41) is 4.23. The van der Waals surface area contributed by atoms with Gasteiger partial charge in [-0.15, -0.1) is 0 Å². The molecule has 0 spiro atoms. The van der Waals surface area contributed by atoms with Crippen LogP contribution in [0.3, 0.4) is 0 Å². The van der Waals surface area contributed by atoms with Crippen LogP contribution in [0.5, 0.6) is 0 Å². The molecule has 1 fully saturated rings. The van der Waals surface area contributed by atoms with Crippen LogP contribution in [0, 0.1) is 0 Å². The number of carbonyl (C=O) groups excluding carboxylic acids is 1. The molecule has 1 aliphatic heterocycles. The molecule has 0 saturated carbocycles. The van der Waals surface area contributed by atoms with E-state index in [0.717, 1.165) is 43.9 Å². The van der Waals surface area contributed by atoms with Crippen LogP contribution in [0.1, 0.15) is 21.5 Å². The molecular formula is C21H23N5O. The fourth-order valence-corrected chi connectivity index (χ4v) is 3.43. The summed E-state index contributed by atoms with van der Waals surface area (Å²) in [6.45, 7) is 4.83. The van der Waals surface area contributed by atoms with Crippen LogP contribution in [0.2, 0.25) is 0 Å². The standard InChI is InChI=1S/C21H23N5O/c27-21(20-6-1-4-18(14-20)17-26-9-3-8-23-26)25-12-10-24(11-13-25)16-19-5-2-7-22-15-19/h1-9,14-15H,10-13,16-17H2. The molecule has 0 atom stereocenters. The van der Waals surface area contributed by atoms with Gasteiger partial charge in [-0.05, 0) is 35.4 Å². The lowest BCUT2D eigenvalue weighted by atomic mass is 10.1. The predicted molar refractivity (Wildman–Crippen MR) is 103 cm³/mol. The van der Waals surface area contributed by atoms with Gasteiger partial charge < -0.3 is 4.90 Å². The molecule has 2 aromatic heterocycles. The van der Waals surface area contributed by atoms with Crippen molar-refractivity contribution in [1.82, 2.24) is 24.6 Å². The Kier molecular flexibility index (Phi) is 5.25. The van der Waals surface area contributed by atoms with Gasteiger partial charge in [0.25, 0.3) is 5.91 Å². The van der Waals surface area contributed by atoms with E-state index in [2.05, 4.69) is 21.0 Å². The molecule has 1 saturated heterocycles. The Morgan fingerprint density at radius 3 is 2.52 bits per heavy atom. The average Bonchev–Trinajstić information content (AvgIpc) is 3.22. The number of hydrogen-bond acceptors (Lipinski definition) is 4. The maximum absolute atomic E-state index is 12.9. The number of rotatable bonds is 5. The summed E-state index contributed by atoms with van der Waals surface area (Å²) >= 11 is 0. The van der Waals surface area contributed by atoms with Crippen molar-refractivity contribution in [2.45, 2.75) is 13.1 Å². The molecule has 3 aromatic rings. The highest BCUT2D eigenvalue weighted by Gasteiger charge is 2.22. The average molecular weight is 361 g/mol. The maximum Gasteiger partial charge on any atom is 0.253 e. The summed E-state index contributed by atoms with van der Waals surface area (Å²) in [5.74, 6) is 0.110. The molecule has 0 N–H and O–H groups in total. The van der Waals surface area contributed by atoms with Gasteiger partial charge >= 0.3 is 0 Å². The largest absolute Gasteiger partial charge is 0.336 e. The minimum absolute atomic E-state index is 0.110. The van der Waals surface area contributed by atoms with Crippen LogP contribution < -0.4 is 0 Å². The minimum atomic E-state index is 0.110.